The molecule has 0 saturated heterocycles. The van der Waals surface area contributed by atoms with Crippen molar-refractivity contribution in [3.8, 4) is 0 Å². The predicted octanol–water partition coefficient (Wildman–Crippen LogP) is 4.43. The van der Waals surface area contributed by atoms with Crippen molar-refractivity contribution in [1.29, 1.82) is 0 Å². The summed E-state index contributed by atoms with van der Waals surface area (Å²) >= 11 is 0. The number of rotatable bonds is 2. The predicted molar refractivity (Wildman–Crippen MR) is 80.7 cm³/mol. The van der Waals surface area contributed by atoms with Crippen molar-refractivity contribution >= 4 is 10.8 Å². The molecule has 0 amide bonds. The van der Waals surface area contributed by atoms with Gasteiger partial charge in [-0.1, -0.05) is 38.1 Å². The molecule has 2 aromatic carbocycles. The zero-order chi connectivity index (χ0) is 13.4. The van der Waals surface area contributed by atoms with E-state index in [1.54, 1.807) is 5.56 Å². The van der Waals surface area contributed by atoms with Gasteiger partial charge >= 0.3 is 0 Å². The van der Waals surface area contributed by atoms with Crippen LogP contribution in [0.3, 0.4) is 0 Å². The summed E-state index contributed by atoms with van der Waals surface area (Å²) in [6.07, 6.45) is 3.61. The fourth-order valence-electron chi connectivity index (χ4n) is 3.50. The van der Waals surface area contributed by atoms with Crippen LogP contribution in [0.5, 0.6) is 0 Å². The van der Waals surface area contributed by atoms with Crippen LogP contribution in [0.15, 0.2) is 24.3 Å². The van der Waals surface area contributed by atoms with E-state index in [9.17, 15) is 0 Å². The maximum absolute atomic E-state index is 5.90. The molecule has 0 bridgehead atoms. The molecule has 0 spiro atoms. The molecule has 1 unspecified atom stereocenters. The van der Waals surface area contributed by atoms with E-state index in [0.717, 1.165) is 25.9 Å². The third-order valence-electron chi connectivity index (χ3n) is 4.38. The highest BCUT2D eigenvalue weighted by atomic mass is 16.5. The number of hydrogen-bond acceptors (Lipinski definition) is 1. The van der Waals surface area contributed by atoms with Crippen molar-refractivity contribution < 1.29 is 4.74 Å². The van der Waals surface area contributed by atoms with Crippen LogP contribution in [0.1, 0.15) is 43.0 Å². The van der Waals surface area contributed by atoms with Gasteiger partial charge in [-0.15, -0.1) is 0 Å². The van der Waals surface area contributed by atoms with Crippen molar-refractivity contribution in [2.24, 2.45) is 0 Å². The van der Waals surface area contributed by atoms with Gasteiger partial charge < -0.3 is 4.74 Å². The van der Waals surface area contributed by atoms with Crippen LogP contribution in [0.2, 0.25) is 0 Å². The molecule has 1 atom stereocenters. The molecule has 1 aliphatic heterocycles. The van der Waals surface area contributed by atoms with Gasteiger partial charge in [0.25, 0.3) is 0 Å². The van der Waals surface area contributed by atoms with E-state index in [-0.39, 0.29) is 0 Å². The lowest BCUT2D eigenvalue weighted by Gasteiger charge is -2.28. The first kappa shape index (κ1) is 12.7. The average Bonchev–Trinajstić information content (AvgIpc) is 2.44. The molecule has 19 heavy (non-hydrogen) atoms. The molecule has 0 N–H and O–H groups in total. The van der Waals surface area contributed by atoms with E-state index in [2.05, 4.69) is 45.0 Å². The Morgan fingerprint density at radius 2 is 1.58 bits per heavy atom. The SMILES string of the molecule is CCc1c2c(c(CC)c3ccccc13)CC(C)OC2. The van der Waals surface area contributed by atoms with Gasteiger partial charge in [0.1, 0.15) is 0 Å². The topological polar surface area (TPSA) is 9.23 Å². The summed E-state index contributed by atoms with van der Waals surface area (Å²) < 4.78 is 5.90. The molecule has 2 aromatic rings. The molecule has 0 radical (unpaired) electrons. The zero-order valence-corrected chi connectivity index (χ0v) is 12.1. The fourth-order valence-corrected chi connectivity index (χ4v) is 3.50. The van der Waals surface area contributed by atoms with Crippen molar-refractivity contribution in [2.45, 2.75) is 52.7 Å². The third kappa shape index (κ3) is 1.97. The molecule has 0 saturated carbocycles. The Hall–Kier alpha value is -1.34. The molecule has 3 rings (SSSR count). The monoisotopic (exact) mass is 254 g/mol. The van der Waals surface area contributed by atoms with Gasteiger partial charge in [-0.05, 0) is 59.2 Å². The molecule has 0 fully saturated rings. The lowest BCUT2D eigenvalue weighted by Crippen LogP contribution is -2.22. The van der Waals surface area contributed by atoms with Crippen LogP contribution in [0.25, 0.3) is 10.8 Å². The number of hydrogen-bond donors (Lipinski definition) is 0. The summed E-state index contributed by atoms with van der Waals surface area (Å²) in [6.45, 7) is 7.50. The molecule has 1 aliphatic rings. The standard InChI is InChI=1S/C18H22O/c1-4-13-15-8-6-7-9-16(15)14(5-2)18-11-19-12(3)10-17(13)18/h6-9,12H,4-5,10-11H2,1-3H3. The van der Waals surface area contributed by atoms with Crippen LogP contribution in [-0.2, 0) is 30.6 Å². The van der Waals surface area contributed by atoms with Crippen LogP contribution in [0.4, 0.5) is 0 Å². The summed E-state index contributed by atoms with van der Waals surface area (Å²) in [5.74, 6) is 0. The summed E-state index contributed by atoms with van der Waals surface area (Å²) in [5.41, 5.74) is 6.07. The number of aryl methyl sites for hydroxylation is 2. The minimum Gasteiger partial charge on any atom is -0.373 e. The normalized spacial score (nSPS) is 18.6. The molecule has 0 aliphatic carbocycles. The summed E-state index contributed by atoms with van der Waals surface area (Å²) in [4.78, 5) is 0. The van der Waals surface area contributed by atoms with E-state index < -0.39 is 0 Å². The van der Waals surface area contributed by atoms with Crippen LogP contribution < -0.4 is 0 Å². The third-order valence-corrected chi connectivity index (χ3v) is 4.38. The van der Waals surface area contributed by atoms with Crippen LogP contribution >= 0.6 is 0 Å². The molecule has 0 aromatic heterocycles. The van der Waals surface area contributed by atoms with Crippen molar-refractivity contribution in [3.63, 3.8) is 0 Å². The van der Waals surface area contributed by atoms with E-state index in [4.69, 9.17) is 4.74 Å². The van der Waals surface area contributed by atoms with Crippen molar-refractivity contribution in [3.05, 3.63) is 46.5 Å². The highest BCUT2D eigenvalue weighted by Crippen LogP contribution is 2.35. The number of ether oxygens (including phenoxy) is 1. The van der Waals surface area contributed by atoms with Crippen molar-refractivity contribution in [2.75, 3.05) is 0 Å². The Morgan fingerprint density at radius 3 is 2.16 bits per heavy atom. The minimum absolute atomic E-state index is 0.351. The zero-order valence-electron chi connectivity index (χ0n) is 12.1. The molecular weight excluding hydrogens is 232 g/mol. The van der Waals surface area contributed by atoms with Gasteiger partial charge in [0, 0.05) is 0 Å². The molecule has 1 heteroatoms. The second kappa shape index (κ2) is 4.97. The highest BCUT2D eigenvalue weighted by Gasteiger charge is 2.23. The van der Waals surface area contributed by atoms with E-state index in [1.165, 1.54) is 27.5 Å². The highest BCUT2D eigenvalue weighted by molar-refractivity contribution is 5.91. The van der Waals surface area contributed by atoms with Gasteiger partial charge in [0.05, 0.1) is 12.7 Å². The van der Waals surface area contributed by atoms with E-state index >= 15 is 0 Å². The van der Waals surface area contributed by atoms with Crippen LogP contribution in [-0.4, -0.2) is 6.10 Å². The largest absolute Gasteiger partial charge is 0.373 e. The Kier molecular flexibility index (Phi) is 3.32. The van der Waals surface area contributed by atoms with Crippen LogP contribution in [0, 0.1) is 0 Å². The second-order valence-electron chi connectivity index (χ2n) is 5.49. The van der Waals surface area contributed by atoms with Gasteiger partial charge in [-0.3, -0.25) is 0 Å². The maximum atomic E-state index is 5.90. The molecule has 1 nitrogen and oxygen atoms in total. The lowest BCUT2D eigenvalue weighted by molar-refractivity contribution is 0.0404. The summed E-state index contributed by atoms with van der Waals surface area (Å²) in [7, 11) is 0. The quantitative estimate of drug-likeness (QED) is 0.770. The first-order valence-electron chi connectivity index (χ1n) is 7.42. The van der Waals surface area contributed by atoms with E-state index in [0.29, 0.717) is 6.10 Å². The first-order valence-corrected chi connectivity index (χ1v) is 7.42. The average molecular weight is 254 g/mol. The number of fused-ring (bicyclic) bond motifs is 2. The Bertz CT molecular complexity index is 613. The smallest absolute Gasteiger partial charge is 0.0726 e. The second-order valence-corrected chi connectivity index (χ2v) is 5.49. The van der Waals surface area contributed by atoms with Gasteiger partial charge in [0.15, 0.2) is 0 Å². The summed E-state index contributed by atoms with van der Waals surface area (Å²) in [6, 6.07) is 8.87. The van der Waals surface area contributed by atoms with Gasteiger partial charge in [-0.25, -0.2) is 0 Å². The number of benzene rings is 2. The molecule has 100 valence electrons. The Labute approximate surface area is 115 Å². The summed E-state index contributed by atoms with van der Waals surface area (Å²) in [5, 5.41) is 2.88. The Balaban J connectivity index is 2.38. The molecule has 1 heterocycles. The van der Waals surface area contributed by atoms with Gasteiger partial charge in [0.2, 0.25) is 0 Å². The van der Waals surface area contributed by atoms with Gasteiger partial charge in [-0.2, -0.15) is 0 Å². The lowest BCUT2D eigenvalue weighted by atomic mass is 9.84. The maximum Gasteiger partial charge on any atom is 0.0726 e. The van der Waals surface area contributed by atoms with Crippen molar-refractivity contribution in [1.82, 2.24) is 0 Å². The fraction of sp³-hybridized carbons (Fsp3) is 0.444. The van der Waals surface area contributed by atoms with E-state index in [1.807, 2.05) is 0 Å². The first-order chi connectivity index (χ1) is 9.26. The minimum atomic E-state index is 0.351. The Morgan fingerprint density at radius 1 is 1.00 bits per heavy atom. The molecular formula is C18H22O.